The van der Waals surface area contributed by atoms with E-state index in [0.29, 0.717) is 5.52 Å². The highest BCUT2D eigenvalue weighted by molar-refractivity contribution is 7.16. The average Bonchev–Trinajstić information content (AvgIpc) is 3.14. The van der Waals surface area contributed by atoms with Gasteiger partial charge in [-0.2, -0.15) is 0 Å². The van der Waals surface area contributed by atoms with Gasteiger partial charge < -0.3 is 29.0 Å². The summed E-state index contributed by atoms with van der Waals surface area (Å²) < 4.78 is 29.2. The average molecular weight is 553 g/mol. The summed E-state index contributed by atoms with van der Waals surface area (Å²) >= 11 is 1.04. The lowest BCUT2D eigenvalue weighted by atomic mass is 9.96. The van der Waals surface area contributed by atoms with Crippen molar-refractivity contribution in [3.05, 3.63) is 33.9 Å². The summed E-state index contributed by atoms with van der Waals surface area (Å²) in [6.45, 7) is 4.14. The number of nitrogens with one attached hydrogen (secondary N) is 1. The third kappa shape index (κ3) is 7.38. The van der Waals surface area contributed by atoms with Crippen molar-refractivity contribution >= 4 is 51.3 Å². The maximum Gasteiger partial charge on any atom is 0.309 e. The monoisotopic (exact) mass is 552 g/mol. The second-order valence-electron chi connectivity index (χ2n) is 8.45. The van der Waals surface area contributed by atoms with Crippen LogP contribution in [-0.4, -0.2) is 71.6 Å². The van der Waals surface area contributed by atoms with E-state index < -0.39 is 67.0 Å². The Balaban J connectivity index is 1.85. The van der Waals surface area contributed by atoms with Crippen LogP contribution in [0.2, 0.25) is 0 Å². The van der Waals surface area contributed by atoms with Gasteiger partial charge in [-0.25, -0.2) is 0 Å². The number of esters is 4. The number of rotatable bonds is 9. The van der Waals surface area contributed by atoms with Crippen molar-refractivity contribution in [3.8, 4) is 0 Å². The zero-order valence-corrected chi connectivity index (χ0v) is 22.0. The second-order valence-corrected chi connectivity index (χ2v) is 9.44. The lowest BCUT2D eigenvalue weighted by Gasteiger charge is -2.44. The molecule has 38 heavy (non-hydrogen) atoms. The molecule has 2 heterocycles. The SMILES string of the molecule is CC(=O)N[C@@H]1[C@H](OC(=O)CCn2c(=O)sc3ccccc32)O[C@H](COC(C)=O)[C@@H](OC(C)=O)[C@@H]1OC(C)=O. The number of thiazole rings is 1. The second kappa shape index (κ2) is 12.6. The van der Waals surface area contributed by atoms with Crippen molar-refractivity contribution in [2.45, 2.75) is 71.3 Å². The molecule has 0 aliphatic carbocycles. The lowest BCUT2D eigenvalue weighted by molar-refractivity contribution is -0.271. The molecule has 2 aromatic rings. The van der Waals surface area contributed by atoms with E-state index in [1.54, 1.807) is 24.3 Å². The fourth-order valence-corrected chi connectivity index (χ4v) is 4.93. The van der Waals surface area contributed by atoms with Gasteiger partial charge in [-0.05, 0) is 12.1 Å². The number of aromatic nitrogens is 1. The predicted molar refractivity (Wildman–Crippen MR) is 131 cm³/mol. The first-order valence-corrected chi connectivity index (χ1v) is 12.5. The van der Waals surface area contributed by atoms with Crippen LogP contribution >= 0.6 is 11.3 Å². The first-order valence-electron chi connectivity index (χ1n) is 11.6. The molecule has 1 aliphatic rings. The first-order chi connectivity index (χ1) is 18.0. The van der Waals surface area contributed by atoms with Gasteiger partial charge in [0, 0.05) is 34.2 Å². The number of carbonyl (C=O) groups is 5. The minimum Gasteiger partial charge on any atom is -0.463 e. The van der Waals surface area contributed by atoms with Crippen LogP contribution in [0.4, 0.5) is 0 Å². The molecule has 0 bridgehead atoms. The Kier molecular flexibility index (Phi) is 9.58. The minimum absolute atomic E-state index is 0.0134. The van der Waals surface area contributed by atoms with Gasteiger partial charge in [0.2, 0.25) is 12.2 Å². The number of aryl methyl sites for hydroxylation is 1. The predicted octanol–water partition coefficient (Wildman–Crippen LogP) is 0.652. The van der Waals surface area contributed by atoms with Crippen LogP contribution in [0, 0.1) is 0 Å². The quantitative estimate of drug-likeness (QED) is 0.343. The summed E-state index contributed by atoms with van der Waals surface area (Å²) in [5.41, 5.74) is 0.668. The summed E-state index contributed by atoms with van der Waals surface area (Å²) in [6.07, 6.45) is -5.61. The largest absolute Gasteiger partial charge is 0.463 e. The highest BCUT2D eigenvalue weighted by atomic mass is 32.1. The molecule has 1 aliphatic heterocycles. The van der Waals surface area contributed by atoms with Gasteiger partial charge >= 0.3 is 28.8 Å². The normalized spacial score (nSPS) is 22.8. The van der Waals surface area contributed by atoms with Gasteiger partial charge in [0.05, 0.1) is 16.6 Å². The van der Waals surface area contributed by atoms with E-state index in [2.05, 4.69) is 5.32 Å². The van der Waals surface area contributed by atoms with Crippen LogP contribution in [-0.2, 0) is 54.2 Å². The fourth-order valence-electron chi connectivity index (χ4n) is 4.01. The van der Waals surface area contributed by atoms with Crippen LogP contribution in [0.15, 0.2) is 29.1 Å². The van der Waals surface area contributed by atoms with E-state index in [0.717, 1.165) is 36.8 Å². The van der Waals surface area contributed by atoms with Gasteiger partial charge in [0.25, 0.3) is 0 Å². The number of hydrogen-bond acceptors (Lipinski definition) is 12. The van der Waals surface area contributed by atoms with Gasteiger partial charge in [0.1, 0.15) is 18.8 Å². The van der Waals surface area contributed by atoms with Crippen LogP contribution in [0.5, 0.6) is 0 Å². The standard InChI is InChI=1S/C24H28N2O11S/c1-12(27)25-20-22(35-15(4)30)21(34-14(3)29)17(11-33-13(2)28)36-23(20)37-19(31)9-10-26-16-7-5-6-8-18(16)38-24(26)32/h5-8,17,20-23H,9-11H2,1-4H3,(H,25,27)/t17-,20+,21-,22-,23+/m1/s1. The molecule has 1 fully saturated rings. The van der Waals surface area contributed by atoms with Gasteiger partial charge in [-0.15, -0.1) is 0 Å². The van der Waals surface area contributed by atoms with E-state index in [1.807, 2.05) is 0 Å². The molecule has 206 valence electrons. The van der Waals surface area contributed by atoms with Crippen molar-refractivity contribution in [3.63, 3.8) is 0 Å². The third-order valence-electron chi connectivity index (χ3n) is 5.43. The van der Waals surface area contributed by atoms with Crippen LogP contribution < -0.4 is 10.2 Å². The Morgan fingerprint density at radius 3 is 2.24 bits per heavy atom. The van der Waals surface area contributed by atoms with E-state index in [9.17, 15) is 28.8 Å². The zero-order valence-electron chi connectivity index (χ0n) is 21.2. The van der Waals surface area contributed by atoms with Crippen LogP contribution in [0.25, 0.3) is 10.2 Å². The number of carbonyl (C=O) groups excluding carboxylic acids is 5. The molecule has 1 N–H and O–H groups in total. The molecule has 1 amide bonds. The molecule has 0 saturated carbocycles. The molecule has 5 atom stereocenters. The van der Waals surface area contributed by atoms with E-state index in [-0.39, 0.29) is 17.8 Å². The molecule has 0 unspecified atom stereocenters. The Bertz CT molecular complexity index is 1270. The Hall–Kier alpha value is -3.78. The maximum absolute atomic E-state index is 12.8. The maximum atomic E-state index is 12.8. The topological polar surface area (TPSA) is 166 Å². The number of para-hydroxylation sites is 1. The van der Waals surface area contributed by atoms with E-state index >= 15 is 0 Å². The minimum atomic E-state index is -1.51. The molecule has 1 saturated heterocycles. The summed E-state index contributed by atoms with van der Waals surface area (Å²) in [6, 6.07) is 5.85. The molecule has 13 nitrogen and oxygen atoms in total. The number of hydrogen-bond donors (Lipinski definition) is 1. The van der Waals surface area contributed by atoms with Gasteiger partial charge in [-0.1, -0.05) is 23.5 Å². The van der Waals surface area contributed by atoms with Gasteiger partial charge in [0.15, 0.2) is 12.2 Å². The number of amides is 1. The number of ether oxygens (including phenoxy) is 5. The van der Waals surface area contributed by atoms with E-state index in [1.165, 1.54) is 11.5 Å². The lowest BCUT2D eigenvalue weighted by Crippen LogP contribution is -2.66. The number of fused-ring (bicyclic) bond motifs is 1. The van der Waals surface area contributed by atoms with E-state index in [4.69, 9.17) is 23.7 Å². The molecular formula is C24H28N2O11S. The number of benzene rings is 1. The molecule has 1 aromatic heterocycles. The Morgan fingerprint density at radius 1 is 0.947 bits per heavy atom. The van der Waals surface area contributed by atoms with Crippen molar-refractivity contribution in [2.75, 3.05) is 6.61 Å². The van der Waals surface area contributed by atoms with Crippen molar-refractivity contribution in [2.24, 2.45) is 0 Å². The highest BCUT2D eigenvalue weighted by Gasteiger charge is 2.52. The summed E-state index contributed by atoms with van der Waals surface area (Å²) in [5.74, 6) is -3.55. The summed E-state index contributed by atoms with van der Waals surface area (Å²) in [7, 11) is 0. The summed E-state index contributed by atoms with van der Waals surface area (Å²) in [5, 5.41) is 2.51. The molecule has 0 radical (unpaired) electrons. The first kappa shape index (κ1) is 28.8. The van der Waals surface area contributed by atoms with Crippen molar-refractivity contribution in [1.29, 1.82) is 0 Å². The summed E-state index contributed by atoms with van der Waals surface area (Å²) in [4.78, 5) is 72.1. The Labute approximate surface area is 220 Å². The smallest absolute Gasteiger partial charge is 0.309 e. The van der Waals surface area contributed by atoms with Crippen molar-refractivity contribution in [1.82, 2.24) is 9.88 Å². The third-order valence-corrected chi connectivity index (χ3v) is 6.39. The zero-order chi connectivity index (χ0) is 28.0. The van der Waals surface area contributed by atoms with Crippen LogP contribution in [0.3, 0.4) is 0 Å². The highest BCUT2D eigenvalue weighted by Crippen LogP contribution is 2.28. The van der Waals surface area contributed by atoms with Crippen molar-refractivity contribution < 1.29 is 47.7 Å². The molecular weight excluding hydrogens is 524 g/mol. The molecule has 3 rings (SSSR count). The molecule has 1 aromatic carbocycles. The van der Waals surface area contributed by atoms with Gasteiger partial charge in [-0.3, -0.25) is 33.3 Å². The number of nitrogens with zero attached hydrogens (tertiary/aromatic N) is 1. The van der Waals surface area contributed by atoms with Crippen LogP contribution in [0.1, 0.15) is 34.1 Å². The Morgan fingerprint density at radius 2 is 1.61 bits per heavy atom. The fraction of sp³-hybridized carbons (Fsp3) is 0.500. The molecule has 0 spiro atoms. The molecule has 14 heteroatoms.